The fraction of sp³-hybridized carbons (Fsp3) is 0.688. The molecule has 9 heteroatoms. The van der Waals surface area contributed by atoms with Crippen molar-refractivity contribution in [2.24, 2.45) is 0 Å². The lowest BCUT2D eigenvalue weighted by Gasteiger charge is -2.21. The van der Waals surface area contributed by atoms with E-state index < -0.39 is 18.0 Å². The number of carboxylic acid groups (broad SMARTS) is 3. The second kappa shape index (κ2) is 14.2. The molecule has 0 aromatic heterocycles. The zero-order chi connectivity index (χ0) is 19.1. The Morgan fingerprint density at radius 2 is 1.60 bits per heavy atom. The van der Waals surface area contributed by atoms with Gasteiger partial charge in [-0.15, -0.1) is 0 Å². The van der Waals surface area contributed by atoms with Gasteiger partial charge in [0, 0.05) is 32.7 Å². The molecule has 0 spiro atoms. The molecule has 0 aromatic rings. The fourth-order valence-corrected chi connectivity index (χ4v) is 2.19. The summed E-state index contributed by atoms with van der Waals surface area (Å²) in [5, 5.41) is 29.6. The molecule has 0 bridgehead atoms. The van der Waals surface area contributed by atoms with E-state index in [0.29, 0.717) is 45.7 Å². The highest BCUT2D eigenvalue weighted by atomic mass is 16.4. The monoisotopic (exact) mass is 359 g/mol. The summed E-state index contributed by atoms with van der Waals surface area (Å²) in [4.78, 5) is 35.4. The van der Waals surface area contributed by atoms with E-state index in [0.717, 1.165) is 6.42 Å². The summed E-state index contributed by atoms with van der Waals surface area (Å²) in [6.45, 7) is 4.95. The third kappa shape index (κ3) is 14.0. The van der Waals surface area contributed by atoms with Gasteiger partial charge in [-0.05, 0) is 19.4 Å². The molecule has 0 unspecified atom stereocenters. The van der Waals surface area contributed by atoms with Crippen molar-refractivity contribution in [1.82, 2.24) is 15.1 Å². The molecule has 0 saturated carbocycles. The molecule has 144 valence electrons. The van der Waals surface area contributed by atoms with Gasteiger partial charge in [0.15, 0.2) is 0 Å². The lowest BCUT2D eigenvalue weighted by molar-refractivity contribution is -0.138. The van der Waals surface area contributed by atoms with E-state index in [9.17, 15) is 14.4 Å². The summed E-state index contributed by atoms with van der Waals surface area (Å²) in [6.07, 6.45) is 3.40. The van der Waals surface area contributed by atoms with E-state index in [4.69, 9.17) is 15.3 Å². The highest BCUT2D eigenvalue weighted by Gasteiger charge is 2.11. The summed E-state index contributed by atoms with van der Waals surface area (Å²) < 4.78 is 0. The summed E-state index contributed by atoms with van der Waals surface area (Å²) >= 11 is 0. The second-order valence-electron chi connectivity index (χ2n) is 5.55. The smallest absolute Gasteiger partial charge is 0.407 e. The third-order valence-corrected chi connectivity index (χ3v) is 3.36. The van der Waals surface area contributed by atoms with Crippen LogP contribution in [0.5, 0.6) is 0 Å². The van der Waals surface area contributed by atoms with E-state index in [1.165, 1.54) is 11.0 Å². The molecule has 9 nitrogen and oxygen atoms in total. The molecule has 0 saturated heterocycles. The third-order valence-electron chi connectivity index (χ3n) is 3.36. The molecular weight excluding hydrogens is 330 g/mol. The highest BCUT2D eigenvalue weighted by molar-refractivity contribution is 5.69. The summed E-state index contributed by atoms with van der Waals surface area (Å²) in [6, 6.07) is 0. The number of amides is 1. The molecule has 0 heterocycles. The number of hydrogen-bond donors (Lipinski definition) is 4. The first-order chi connectivity index (χ1) is 11.9. The van der Waals surface area contributed by atoms with Crippen LogP contribution in [0.2, 0.25) is 0 Å². The largest absolute Gasteiger partial charge is 0.481 e. The van der Waals surface area contributed by atoms with E-state index >= 15 is 0 Å². The Morgan fingerprint density at radius 3 is 2.16 bits per heavy atom. The van der Waals surface area contributed by atoms with Gasteiger partial charge < -0.3 is 25.5 Å². The molecule has 0 aliphatic heterocycles. The summed E-state index contributed by atoms with van der Waals surface area (Å²) in [5.41, 5.74) is 0. The molecule has 0 aliphatic carbocycles. The van der Waals surface area contributed by atoms with Gasteiger partial charge in [0.2, 0.25) is 0 Å². The zero-order valence-corrected chi connectivity index (χ0v) is 14.7. The molecule has 0 fully saturated rings. The van der Waals surface area contributed by atoms with E-state index in [-0.39, 0.29) is 13.0 Å². The minimum absolute atomic E-state index is 0.000547. The standard InChI is InChI=1S/C16H29N3O6/c1-2-9-18(13-15(22)23)11-7-17-8-12-19(16(24)25)10-5-3-4-6-14(20)21/h3-4,17H,2,5-13H2,1H3,(H,20,21)(H,22,23)(H,24,25)/b4-3-. The lowest BCUT2D eigenvalue weighted by atomic mass is 10.3. The van der Waals surface area contributed by atoms with Crippen LogP contribution in [-0.2, 0) is 9.59 Å². The van der Waals surface area contributed by atoms with Crippen LogP contribution in [0.25, 0.3) is 0 Å². The number of hydrogen-bond acceptors (Lipinski definition) is 5. The predicted molar refractivity (Wildman–Crippen MR) is 92.8 cm³/mol. The van der Waals surface area contributed by atoms with Crippen molar-refractivity contribution in [2.45, 2.75) is 26.2 Å². The van der Waals surface area contributed by atoms with Crippen LogP contribution < -0.4 is 5.32 Å². The van der Waals surface area contributed by atoms with Gasteiger partial charge in [-0.1, -0.05) is 19.1 Å². The quantitative estimate of drug-likeness (QED) is 0.249. The number of carboxylic acids is 2. The maximum atomic E-state index is 11.2. The van der Waals surface area contributed by atoms with E-state index in [1.54, 1.807) is 6.08 Å². The Labute approximate surface area is 147 Å². The van der Waals surface area contributed by atoms with E-state index in [1.807, 2.05) is 11.8 Å². The zero-order valence-electron chi connectivity index (χ0n) is 14.7. The molecule has 1 amide bonds. The maximum Gasteiger partial charge on any atom is 0.407 e. The molecule has 25 heavy (non-hydrogen) atoms. The van der Waals surface area contributed by atoms with Crippen molar-refractivity contribution < 1.29 is 29.7 Å². The highest BCUT2D eigenvalue weighted by Crippen LogP contribution is 1.95. The average molecular weight is 359 g/mol. The van der Waals surface area contributed by atoms with Crippen molar-refractivity contribution in [3.8, 4) is 0 Å². The van der Waals surface area contributed by atoms with E-state index in [2.05, 4.69) is 5.32 Å². The second-order valence-corrected chi connectivity index (χ2v) is 5.55. The van der Waals surface area contributed by atoms with Gasteiger partial charge in [-0.3, -0.25) is 14.5 Å². The van der Waals surface area contributed by atoms with Crippen LogP contribution in [0, 0.1) is 0 Å². The first kappa shape index (κ1) is 22.9. The number of nitrogens with zero attached hydrogens (tertiary/aromatic N) is 2. The molecule has 0 rings (SSSR count). The van der Waals surface area contributed by atoms with Crippen molar-refractivity contribution >= 4 is 18.0 Å². The van der Waals surface area contributed by atoms with Crippen LogP contribution in [-0.4, -0.2) is 89.0 Å². The lowest BCUT2D eigenvalue weighted by Crippen LogP contribution is -2.40. The Balaban J connectivity index is 3.99. The number of rotatable bonds is 15. The van der Waals surface area contributed by atoms with Crippen LogP contribution in [0.15, 0.2) is 12.2 Å². The normalized spacial score (nSPS) is 11.1. The molecule has 0 atom stereocenters. The van der Waals surface area contributed by atoms with Gasteiger partial charge in [0.1, 0.15) is 0 Å². The molecule has 0 aromatic carbocycles. The van der Waals surface area contributed by atoms with Crippen molar-refractivity contribution in [2.75, 3.05) is 45.8 Å². The molecular formula is C16H29N3O6. The first-order valence-electron chi connectivity index (χ1n) is 8.36. The summed E-state index contributed by atoms with van der Waals surface area (Å²) in [5.74, 6) is -1.78. The van der Waals surface area contributed by atoms with Crippen LogP contribution in [0.3, 0.4) is 0 Å². The Morgan fingerprint density at radius 1 is 0.920 bits per heavy atom. The van der Waals surface area contributed by atoms with Gasteiger partial charge in [-0.25, -0.2) is 4.79 Å². The molecule has 0 aliphatic rings. The fourth-order valence-electron chi connectivity index (χ4n) is 2.19. The van der Waals surface area contributed by atoms with Crippen molar-refractivity contribution in [1.29, 1.82) is 0 Å². The van der Waals surface area contributed by atoms with Crippen LogP contribution in [0.1, 0.15) is 26.2 Å². The average Bonchev–Trinajstić information content (AvgIpc) is 2.51. The molecule has 0 radical (unpaired) electrons. The predicted octanol–water partition coefficient (Wildman–Crippen LogP) is 0.774. The first-order valence-corrected chi connectivity index (χ1v) is 8.36. The number of aliphatic carboxylic acids is 2. The SMILES string of the molecule is CCCN(CCNCCN(CC/C=C\CC(=O)O)C(=O)O)CC(=O)O. The van der Waals surface area contributed by atoms with Gasteiger partial charge in [0.05, 0.1) is 13.0 Å². The van der Waals surface area contributed by atoms with Gasteiger partial charge >= 0.3 is 18.0 Å². The molecule has 4 N–H and O–H groups in total. The Hall–Kier alpha value is -2.13. The summed E-state index contributed by atoms with van der Waals surface area (Å²) in [7, 11) is 0. The van der Waals surface area contributed by atoms with Gasteiger partial charge in [0.25, 0.3) is 0 Å². The number of nitrogens with one attached hydrogen (secondary N) is 1. The minimum atomic E-state index is -1.02. The minimum Gasteiger partial charge on any atom is -0.481 e. The number of carbonyl (C=O) groups is 3. The van der Waals surface area contributed by atoms with Gasteiger partial charge in [-0.2, -0.15) is 0 Å². The maximum absolute atomic E-state index is 11.2. The Bertz CT molecular complexity index is 442. The van der Waals surface area contributed by atoms with Crippen molar-refractivity contribution in [3.05, 3.63) is 12.2 Å². The van der Waals surface area contributed by atoms with Crippen molar-refractivity contribution in [3.63, 3.8) is 0 Å². The van der Waals surface area contributed by atoms with Crippen LogP contribution >= 0.6 is 0 Å². The van der Waals surface area contributed by atoms with Crippen LogP contribution in [0.4, 0.5) is 4.79 Å². The Kier molecular flexibility index (Phi) is 13.0. The topological polar surface area (TPSA) is 130 Å².